The van der Waals surface area contributed by atoms with E-state index in [1.807, 2.05) is 11.4 Å². The Hall–Kier alpha value is -2.14. The Labute approximate surface area is 121 Å². The largest absolute Gasteiger partial charge is 0.368 e. The molecule has 0 fully saturated rings. The van der Waals surface area contributed by atoms with Crippen molar-refractivity contribution in [3.8, 4) is 0 Å². The summed E-state index contributed by atoms with van der Waals surface area (Å²) in [4.78, 5) is 11.8. The third kappa shape index (κ3) is 2.20. The minimum atomic E-state index is 0.320. The zero-order valence-electron chi connectivity index (χ0n) is 11.5. The van der Waals surface area contributed by atoms with Gasteiger partial charge >= 0.3 is 0 Å². The number of thiophene rings is 1. The summed E-state index contributed by atoms with van der Waals surface area (Å²) in [7, 11) is 0. The van der Waals surface area contributed by atoms with E-state index in [1.165, 1.54) is 5.56 Å². The molecule has 0 saturated heterocycles. The van der Waals surface area contributed by atoms with Crippen molar-refractivity contribution in [3.63, 3.8) is 0 Å². The highest BCUT2D eigenvalue weighted by Crippen LogP contribution is 2.32. The lowest BCUT2D eigenvalue weighted by atomic mass is 10.2. The van der Waals surface area contributed by atoms with E-state index in [0.29, 0.717) is 5.95 Å². The molecule has 3 rings (SSSR count). The number of fused-ring (bicyclic) bond motifs is 1. The molecular weight excluding hydrogens is 268 g/mol. The van der Waals surface area contributed by atoms with Gasteiger partial charge in [-0.15, -0.1) is 11.3 Å². The lowest BCUT2D eigenvalue weighted by Gasteiger charge is -2.23. The number of nitrogens with zero attached hydrogens (tertiary/aromatic N) is 3. The Balaban J connectivity index is 2.16. The van der Waals surface area contributed by atoms with Crippen molar-refractivity contribution in [1.82, 2.24) is 9.97 Å². The van der Waals surface area contributed by atoms with E-state index in [2.05, 4.69) is 53.0 Å². The highest BCUT2D eigenvalue weighted by molar-refractivity contribution is 7.16. The van der Waals surface area contributed by atoms with Gasteiger partial charge in [0, 0.05) is 12.2 Å². The predicted molar refractivity (Wildman–Crippen MR) is 85.7 cm³/mol. The summed E-state index contributed by atoms with van der Waals surface area (Å²) in [6.07, 6.45) is 0. The Bertz CT molecular complexity index is 733. The minimum Gasteiger partial charge on any atom is -0.368 e. The maximum Gasteiger partial charge on any atom is 0.223 e. The van der Waals surface area contributed by atoms with Gasteiger partial charge in [-0.1, -0.05) is 17.7 Å². The number of nitrogen functional groups attached to an aromatic ring is 1. The van der Waals surface area contributed by atoms with Gasteiger partial charge < -0.3 is 10.6 Å². The fraction of sp³-hybridized carbons (Fsp3) is 0.200. The molecule has 5 heteroatoms. The number of nitrogens with two attached hydrogens (primary N) is 1. The lowest BCUT2D eigenvalue weighted by molar-refractivity contribution is 0.994. The summed E-state index contributed by atoms with van der Waals surface area (Å²) >= 11 is 1.58. The van der Waals surface area contributed by atoms with Crippen LogP contribution < -0.4 is 10.6 Å². The second-order valence-electron chi connectivity index (χ2n) is 4.62. The maximum atomic E-state index is 5.84. The van der Waals surface area contributed by atoms with Crippen molar-refractivity contribution in [3.05, 3.63) is 41.3 Å². The van der Waals surface area contributed by atoms with E-state index in [-0.39, 0.29) is 0 Å². The van der Waals surface area contributed by atoms with Crippen molar-refractivity contribution >= 4 is 39.0 Å². The molecule has 0 spiro atoms. The summed E-state index contributed by atoms with van der Waals surface area (Å²) < 4.78 is 0. The van der Waals surface area contributed by atoms with Gasteiger partial charge in [0.1, 0.15) is 10.6 Å². The number of benzene rings is 1. The molecule has 0 atom stereocenters. The van der Waals surface area contributed by atoms with Crippen LogP contribution in [-0.2, 0) is 0 Å². The first kappa shape index (κ1) is 12.9. The van der Waals surface area contributed by atoms with Crippen LogP contribution in [0.2, 0.25) is 0 Å². The SMILES string of the molecule is CCN(c1ccc(C)cc1)c1nc(N)nc2sccc12. The third-order valence-electron chi connectivity index (χ3n) is 3.24. The Kier molecular flexibility index (Phi) is 3.28. The number of hydrogen-bond donors (Lipinski definition) is 1. The molecule has 0 radical (unpaired) electrons. The number of rotatable bonds is 3. The topological polar surface area (TPSA) is 55.0 Å². The highest BCUT2D eigenvalue weighted by atomic mass is 32.1. The maximum absolute atomic E-state index is 5.84. The lowest BCUT2D eigenvalue weighted by Crippen LogP contribution is -2.18. The van der Waals surface area contributed by atoms with E-state index in [9.17, 15) is 0 Å². The highest BCUT2D eigenvalue weighted by Gasteiger charge is 2.15. The summed E-state index contributed by atoms with van der Waals surface area (Å²) in [5.74, 6) is 1.20. The molecule has 4 nitrogen and oxygen atoms in total. The van der Waals surface area contributed by atoms with E-state index < -0.39 is 0 Å². The number of anilines is 3. The zero-order chi connectivity index (χ0) is 14.1. The minimum absolute atomic E-state index is 0.320. The average molecular weight is 284 g/mol. The van der Waals surface area contributed by atoms with Crippen molar-refractivity contribution in [1.29, 1.82) is 0 Å². The van der Waals surface area contributed by atoms with E-state index >= 15 is 0 Å². The van der Waals surface area contributed by atoms with Crippen LogP contribution in [0, 0.1) is 6.92 Å². The van der Waals surface area contributed by atoms with Gasteiger partial charge in [-0.3, -0.25) is 0 Å². The number of hydrogen-bond acceptors (Lipinski definition) is 5. The summed E-state index contributed by atoms with van der Waals surface area (Å²) in [6, 6.07) is 10.5. The third-order valence-corrected chi connectivity index (χ3v) is 4.05. The van der Waals surface area contributed by atoms with Crippen LogP contribution in [0.15, 0.2) is 35.7 Å². The molecule has 20 heavy (non-hydrogen) atoms. The molecule has 0 unspecified atom stereocenters. The van der Waals surface area contributed by atoms with Crippen LogP contribution in [0.3, 0.4) is 0 Å². The van der Waals surface area contributed by atoms with Crippen LogP contribution in [0.5, 0.6) is 0 Å². The molecule has 0 saturated carbocycles. The first-order valence-electron chi connectivity index (χ1n) is 6.54. The Morgan fingerprint density at radius 3 is 2.60 bits per heavy atom. The van der Waals surface area contributed by atoms with Crippen LogP contribution in [0.25, 0.3) is 10.2 Å². The number of aromatic nitrogens is 2. The summed E-state index contributed by atoms with van der Waals surface area (Å²) in [6.45, 7) is 5.01. The molecule has 0 amide bonds. The van der Waals surface area contributed by atoms with Gasteiger partial charge in [-0.25, -0.2) is 4.98 Å². The predicted octanol–water partition coefficient (Wildman–Crippen LogP) is 3.74. The second kappa shape index (κ2) is 5.09. The van der Waals surface area contributed by atoms with E-state index in [1.54, 1.807) is 11.3 Å². The van der Waals surface area contributed by atoms with Gasteiger partial charge in [-0.05, 0) is 37.4 Å². The zero-order valence-corrected chi connectivity index (χ0v) is 12.3. The molecule has 2 aromatic heterocycles. The standard InChI is InChI=1S/C15H16N4S/c1-3-19(11-6-4-10(2)5-7-11)13-12-8-9-20-14(12)18-15(16)17-13/h4-9H,3H2,1-2H3,(H2,16,17,18). The second-order valence-corrected chi connectivity index (χ2v) is 5.52. The van der Waals surface area contributed by atoms with E-state index in [4.69, 9.17) is 5.73 Å². The fourth-order valence-corrected chi connectivity index (χ4v) is 3.01. The monoisotopic (exact) mass is 284 g/mol. The number of aryl methyl sites for hydroxylation is 1. The first-order valence-corrected chi connectivity index (χ1v) is 7.42. The molecule has 0 aliphatic heterocycles. The van der Waals surface area contributed by atoms with Crippen molar-refractivity contribution in [2.24, 2.45) is 0 Å². The molecular formula is C15H16N4S. The molecule has 3 aromatic rings. The van der Waals surface area contributed by atoms with Gasteiger partial charge in [-0.2, -0.15) is 4.98 Å². The van der Waals surface area contributed by atoms with E-state index in [0.717, 1.165) is 28.3 Å². The summed E-state index contributed by atoms with van der Waals surface area (Å²) in [5.41, 5.74) is 8.19. The smallest absolute Gasteiger partial charge is 0.223 e. The van der Waals surface area contributed by atoms with Crippen LogP contribution >= 0.6 is 11.3 Å². The van der Waals surface area contributed by atoms with Crippen LogP contribution in [0.4, 0.5) is 17.5 Å². The summed E-state index contributed by atoms with van der Waals surface area (Å²) in [5, 5.41) is 3.07. The molecule has 102 valence electrons. The molecule has 2 N–H and O–H groups in total. The molecule has 1 aromatic carbocycles. The van der Waals surface area contributed by atoms with Crippen molar-refractivity contribution in [2.45, 2.75) is 13.8 Å². The average Bonchev–Trinajstić information content (AvgIpc) is 2.89. The normalized spacial score (nSPS) is 10.9. The van der Waals surface area contributed by atoms with Gasteiger partial charge in [0.25, 0.3) is 0 Å². The van der Waals surface area contributed by atoms with Crippen molar-refractivity contribution in [2.75, 3.05) is 17.2 Å². The van der Waals surface area contributed by atoms with Crippen LogP contribution in [-0.4, -0.2) is 16.5 Å². The quantitative estimate of drug-likeness (QED) is 0.796. The molecule has 2 heterocycles. The van der Waals surface area contributed by atoms with Gasteiger partial charge in [0.15, 0.2) is 0 Å². The fourth-order valence-electron chi connectivity index (χ4n) is 2.24. The Morgan fingerprint density at radius 2 is 1.90 bits per heavy atom. The molecule has 0 aliphatic carbocycles. The Morgan fingerprint density at radius 1 is 1.15 bits per heavy atom. The van der Waals surface area contributed by atoms with Crippen molar-refractivity contribution < 1.29 is 0 Å². The molecule has 0 bridgehead atoms. The van der Waals surface area contributed by atoms with Gasteiger partial charge in [0.05, 0.1) is 5.39 Å². The molecule has 0 aliphatic rings. The van der Waals surface area contributed by atoms with Crippen LogP contribution in [0.1, 0.15) is 12.5 Å². The van der Waals surface area contributed by atoms with Gasteiger partial charge in [0.2, 0.25) is 5.95 Å². The first-order chi connectivity index (χ1) is 9.69.